The predicted molar refractivity (Wildman–Crippen MR) is 76.2 cm³/mol. The molecular formula is C9H20Cl2O6P2. The van der Waals surface area contributed by atoms with Gasteiger partial charge in [0, 0.05) is 0 Å². The largest absolute Gasteiger partial charge is 0.379 e. The first-order valence-electron chi connectivity index (χ1n) is 5.90. The fraction of sp³-hybridized carbons (Fsp3) is 1.00. The lowest BCUT2D eigenvalue weighted by molar-refractivity contribution is 0.199. The van der Waals surface area contributed by atoms with Gasteiger partial charge < -0.3 is 18.1 Å². The van der Waals surface area contributed by atoms with Crippen molar-refractivity contribution in [3.63, 3.8) is 0 Å². The minimum absolute atomic E-state index is 0.0245. The minimum Gasteiger partial charge on any atom is -0.306 e. The summed E-state index contributed by atoms with van der Waals surface area (Å²) in [6.45, 7) is 6.44. The molecule has 116 valence electrons. The summed E-state index contributed by atoms with van der Waals surface area (Å²) in [7, 11) is -8.17. The van der Waals surface area contributed by atoms with E-state index >= 15 is 0 Å². The molecule has 0 spiro atoms. The van der Waals surface area contributed by atoms with Gasteiger partial charge >= 0.3 is 19.0 Å². The summed E-state index contributed by atoms with van der Waals surface area (Å²) in [5.74, 6) is 0. The SMILES string of the molecule is CCOP(=O)(OCC)C(Cl)(Cl)P(=O)(OCC)OCC. The molecule has 6 nitrogen and oxygen atoms in total. The maximum Gasteiger partial charge on any atom is 0.379 e. The van der Waals surface area contributed by atoms with Crippen molar-refractivity contribution in [3.8, 4) is 0 Å². The van der Waals surface area contributed by atoms with Gasteiger partial charge in [0.15, 0.2) is 0 Å². The number of alkyl halides is 2. The lowest BCUT2D eigenvalue weighted by Crippen LogP contribution is -2.21. The van der Waals surface area contributed by atoms with Crippen LogP contribution in [0, 0.1) is 0 Å². The van der Waals surface area contributed by atoms with Gasteiger partial charge in [-0.1, -0.05) is 23.2 Å². The molecule has 0 aromatic heterocycles. The first-order valence-corrected chi connectivity index (χ1v) is 9.74. The molecular weight excluding hydrogens is 337 g/mol. The minimum atomic E-state index is -4.09. The number of halogens is 2. The Kier molecular flexibility index (Phi) is 8.74. The van der Waals surface area contributed by atoms with Crippen LogP contribution in [0.3, 0.4) is 0 Å². The van der Waals surface area contributed by atoms with E-state index in [-0.39, 0.29) is 26.4 Å². The second kappa shape index (κ2) is 8.35. The van der Waals surface area contributed by atoms with E-state index < -0.39 is 19.0 Å². The van der Waals surface area contributed by atoms with Gasteiger partial charge in [-0.3, -0.25) is 9.13 Å². The van der Waals surface area contributed by atoms with Gasteiger partial charge in [-0.05, 0) is 27.7 Å². The van der Waals surface area contributed by atoms with Crippen molar-refractivity contribution in [3.05, 3.63) is 0 Å². The first kappa shape index (κ1) is 19.9. The molecule has 0 bridgehead atoms. The fourth-order valence-corrected chi connectivity index (χ4v) is 6.41. The van der Waals surface area contributed by atoms with E-state index in [4.69, 9.17) is 41.3 Å². The molecule has 19 heavy (non-hydrogen) atoms. The number of hydrogen-bond donors (Lipinski definition) is 0. The van der Waals surface area contributed by atoms with Crippen LogP contribution in [0.15, 0.2) is 0 Å². The molecule has 0 heterocycles. The fourth-order valence-electron chi connectivity index (χ4n) is 1.22. The molecule has 0 fully saturated rings. The van der Waals surface area contributed by atoms with Crippen molar-refractivity contribution in [1.29, 1.82) is 0 Å². The molecule has 0 amide bonds. The third kappa shape index (κ3) is 4.42. The van der Waals surface area contributed by atoms with Crippen LogP contribution in [-0.2, 0) is 27.2 Å². The van der Waals surface area contributed by atoms with Gasteiger partial charge in [0.25, 0.3) is 0 Å². The highest BCUT2D eigenvalue weighted by Crippen LogP contribution is 2.81. The number of hydrogen-bond acceptors (Lipinski definition) is 6. The Bertz CT molecular complexity index is 311. The van der Waals surface area contributed by atoms with Gasteiger partial charge in [-0.25, -0.2) is 0 Å². The maximum absolute atomic E-state index is 12.6. The van der Waals surface area contributed by atoms with E-state index in [0.29, 0.717) is 0 Å². The van der Waals surface area contributed by atoms with E-state index in [2.05, 4.69) is 0 Å². The average molecular weight is 357 g/mol. The van der Waals surface area contributed by atoms with Crippen LogP contribution in [0.25, 0.3) is 0 Å². The molecule has 0 aliphatic heterocycles. The zero-order valence-electron chi connectivity index (χ0n) is 11.4. The highest BCUT2D eigenvalue weighted by atomic mass is 35.5. The van der Waals surface area contributed by atoms with Crippen LogP contribution >= 0.6 is 38.4 Å². The monoisotopic (exact) mass is 356 g/mol. The zero-order valence-corrected chi connectivity index (χ0v) is 14.7. The van der Waals surface area contributed by atoms with Crippen molar-refractivity contribution in [2.24, 2.45) is 0 Å². The molecule has 0 aromatic rings. The molecule has 0 saturated heterocycles. The third-order valence-corrected chi connectivity index (χ3v) is 9.52. The molecule has 0 rings (SSSR count). The summed E-state index contributed by atoms with van der Waals surface area (Å²) in [5, 5.41) is 0. The van der Waals surface area contributed by atoms with Gasteiger partial charge in [0.05, 0.1) is 26.4 Å². The topological polar surface area (TPSA) is 71.1 Å². The van der Waals surface area contributed by atoms with Gasteiger partial charge in [-0.15, -0.1) is 0 Å². The van der Waals surface area contributed by atoms with E-state index in [1.807, 2.05) is 0 Å². The quantitative estimate of drug-likeness (QED) is 0.420. The van der Waals surface area contributed by atoms with Crippen LogP contribution in [-0.4, -0.2) is 30.2 Å². The molecule has 0 atom stereocenters. The molecule has 0 unspecified atom stereocenters. The molecule has 10 heteroatoms. The van der Waals surface area contributed by atoms with Crippen molar-refractivity contribution in [2.45, 2.75) is 31.5 Å². The Hall–Kier alpha value is 0.880. The van der Waals surface area contributed by atoms with Crippen molar-refractivity contribution in [2.75, 3.05) is 26.4 Å². The van der Waals surface area contributed by atoms with E-state index in [0.717, 1.165) is 0 Å². The Morgan fingerprint density at radius 3 is 1.11 bits per heavy atom. The second-order valence-corrected chi connectivity index (χ2v) is 10.3. The summed E-state index contributed by atoms with van der Waals surface area (Å²) in [5.41, 5.74) is 0. The molecule has 0 aliphatic carbocycles. The molecule has 0 aromatic carbocycles. The normalized spacial score (nSPS) is 13.8. The predicted octanol–water partition coefficient (Wildman–Crippen LogP) is 4.61. The van der Waals surface area contributed by atoms with Crippen molar-refractivity contribution >= 4 is 38.4 Å². The van der Waals surface area contributed by atoms with Gasteiger partial charge in [0.1, 0.15) is 0 Å². The summed E-state index contributed by atoms with van der Waals surface area (Å²) < 4.78 is 42.8. The third-order valence-electron chi connectivity index (χ3n) is 1.86. The zero-order chi connectivity index (χ0) is 15.2. The Balaban J connectivity index is 5.59. The highest BCUT2D eigenvalue weighted by Gasteiger charge is 2.64. The highest BCUT2D eigenvalue weighted by molar-refractivity contribution is 7.80. The van der Waals surface area contributed by atoms with Crippen molar-refractivity contribution in [1.82, 2.24) is 0 Å². The summed E-state index contributed by atoms with van der Waals surface area (Å²) in [6, 6.07) is 0. The summed E-state index contributed by atoms with van der Waals surface area (Å²) >= 11 is 12.0. The van der Waals surface area contributed by atoms with Crippen molar-refractivity contribution < 1.29 is 27.2 Å². The lowest BCUT2D eigenvalue weighted by Gasteiger charge is -2.33. The van der Waals surface area contributed by atoms with Gasteiger partial charge in [0.2, 0.25) is 0 Å². The maximum atomic E-state index is 12.6. The van der Waals surface area contributed by atoms with Gasteiger partial charge in [-0.2, -0.15) is 0 Å². The number of rotatable bonds is 10. The van der Waals surface area contributed by atoms with E-state index in [9.17, 15) is 9.13 Å². The standard InChI is InChI=1S/C9H20Cl2O6P2/c1-5-14-18(12,15-6-2)9(10,11)19(13,16-7-3)17-8-4/h5-8H2,1-4H3. The van der Waals surface area contributed by atoms with Crippen LogP contribution in [0.1, 0.15) is 27.7 Å². The first-order chi connectivity index (χ1) is 8.74. The summed E-state index contributed by atoms with van der Waals surface area (Å²) in [4.78, 5) is 0. The molecule has 0 saturated carbocycles. The lowest BCUT2D eigenvalue weighted by atomic mass is 10.9. The molecule has 0 radical (unpaired) electrons. The Morgan fingerprint density at radius 2 is 0.947 bits per heavy atom. The Morgan fingerprint density at radius 1 is 0.737 bits per heavy atom. The summed E-state index contributed by atoms with van der Waals surface area (Å²) in [6.07, 6.45) is 0. The molecule has 0 aliphatic rings. The van der Waals surface area contributed by atoms with Crippen LogP contribution in [0.2, 0.25) is 0 Å². The second-order valence-electron chi connectivity index (χ2n) is 3.18. The smallest absolute Gasteiger partial charge is 0.306 e. The van der Waals surface area contributed by atoms with Crippen LogP contribution < -0.4 is 0 Å². The molecule has 0 N–H and O–H groups in total. The van der Waals surface area contributed by atoms with Crippen LogP contribution in [0.4, 0.5) is 0 Å². The van der Waals surface area contributed by atoms with E-state index in [1.54, 1.807) is 27.7 Å². The Labute approximate surface area is 124 Å². The van der Waals surface area contributed by atoms with Crippen LogP contribution in [0.5, 0.6) is 0 Å². The average Bonchev–Trinajstić information content (AvgIpc) is 2.29. The van der Waals surface area contributed by atoms with E-state index in [1.165, 1.54) is 0 Å².